The molecule has 130 valence electrons. The Morgan fingerprint density at radius 2 is 1.92 bits per heavy atom. The van der Waals surface area contributed by atoms with Crippen LogP contribution >= 0.6 is 12.4 Å². The summed E-state index contributed by atoms with van der Waals surface area (Å²) in [5.41, 5.74) is 8.93. The number of nitrogen functional groups attached to an aromatic ring is 1. The molecule has 0 atom stereocenters. The highest BCUT2D eigenvalue weighted by molar-refractivity contribution is 6.05. The molecule has 0 aliphatic rings. The smallest absolute Gasteiger partial charge is 0.255 e. The number of nitrogens with zero attached hydrogens (tertiary/aromatic N) is 2. The van der Waals surface area contributed by atoms with Crippen molar-refractivity contribution < 1.29 is 4.79 Å². The first-order valence-electron chi connectivity index (χ1n) is 8.08. The molecule has 6 heteroatoms. The summed E-state index contributed by atoms with van der Waals surface area (Å²) in [7, 11) is 0. The first-order chi connectivity index (χ1) is 11.7. The molecule has 0 saturated heterocycles. The molecular formula is C19H21ClN4O. The minimum atomic E-state index is -0.132. The van der Waals surface area contributed by atoms with Crippen LogP contribution in [0.15, 0.2) is 48.7 Å². The number of amides is 1. The van der Waals surface area contributed by atoms with Gasteiger partial charge in [0.15, 0.2) is 0 Å². The number of anilines is 2. The van der Waals surface area contributed by atoms with Crippen LogP contribution in [0, 0.1) is 0 Å². The van der Waals surface area contributed by atoms with Gasteiger partial charge < -0.3 is 11.1 Å². The van der Waals surface area contributed by atoms with E-state index in [1.54, 1.807) is 6.20 Å². The molecule has 0 saturated carbocycles. The number of hydrogen-bond acceptors (Lipinski definition) is 4. The van der Waals surface area contributed by atoms with Gasteiger partial charge >= 0.3 is 0 Å². The molecule has 0 fully saturated rings. The van der Waals surface area contributed by atoms with E-state index in [1.807, 2.05) is 42.5 Å². The molecule has 0 bridgehead atoms. The van der Waals surface area contributed by atoms with Crippen molar-refractivity contribution in [3.63, 3.8) is 0 Å². The predicted octanol–water partition coefficient (Wildman–Crippen LogP) is 4.23. The van der Waals surface area contributed by atoms with Crippen LogP contribution in [-0.4, -0.2) is 15.9 Å². The number of rotatable bonds is 5. The molecule has 0 unspecified atom stereocenters. The predicted molar refractivity (Wildman–Crippen MR) is 104 cm³/mol. The van der Waals surface area contributed by atoms with Crippen molar-refractivity contribution in [1.82, 2.24) is 9.97 Å². The van der Waals surface area contributed by atoms with Crippen LogP contribution in [0.1, 0.15) is 35.7 Å². The maximum Gasteiger partial charge on any atom is 0.255 e. The Bertz CT molecular complexity index is 865. The average Bonchev–Trinajstić information content (AvgIpc) is 2.60. The molecule has 5 nitrogen and oxygen atoms in total. The van der Waals surface area contributed by atoms with E-state index in [-0.39, 0.29) is 24.3 Å². The van der Waals surface area contributed by atoms with E-state index in [0.717, 1.165) is 23.7 Å². The van der Waals surface area contributed by atoms with Crippen molar-refractivity contribution >= 4 is 40.9 Å². The van der Waals surface area contributed by atoms with E-state index in [0.29, 0.717) is 11.3 Å². The number of aryl methyl sites for hydroxylation is 1. The van der Waals surface area contributed by atoms with Crippen LogP contribution in [0.5, 0.6) is 0 Å². The largest absolute Gasteiger partial charge is 0.368 e. The molecule has 1 heterocycles. The van der Waals surface area contributed by atoms with E-state index in [4.69, 9.17) is 5.73 Å². The number of unbranched alkanes of at least 4 members (excludes halogenated alkanes) is 1. The fourth-order valence-electron chi connectivity index (χ4n) is 2.53. The van der Waals surface area contributed by atoms with Gasteiger partial charge in [-0.2, -0.15) is 0 Å². The fourth-order valence-corrected chi connectivity index (χ4v) is 2.53. The Labute approximate surface area is 153 Å². The molecule has 0 aliphatic heterocycles. The third-order valence-electron chi connectivity index (χ3n) is 3.89. The van der Waals surface area contributed by atoms with Gasteiger partial charge in [-0.1, -0.05) is 25.5 Å². The first kappa shape index (κ1) is 18.7. The minimum absolute atomic E-state index is 0. The lowest BCUT2D eigenvalue weighted by atomic mass is 10.1. The van der Waals surface area contributed by atoms with Crippen LogP contribution in [-0.2, 0) is 6.42 Å². The number of nitrogens with one attached hydrogen (secondary N) is 1. The number of nitrogens with two attached hydrogens (primary N) is 1. The Morgan fingerprint density at radius 3 is 2.64 bits per heavy atom. The monoisotopic (exact) mass is 356 g/mol. The zero-order valence-corrected chi connectivity index (χ0v) is 14.8. The minimum Gasteiger partial charge on any atom is -0.368 e. The lowest BCUT2D eigenvalue weighted by Crippen LogP contribution is -2.11. The van der Waals surface area contributed by atoms with Crippen LogP contribution in [0.4, 0.5) is 11.6 Å². The van der Waals surface area contributed by atoms with Crippen molar-refractivity contribution in [1.29, 1.82) is 0 Å². The van der Waals surface area contributed by atoms with E-state index in [9.17, 15) is 4.79 Å². The van der Waals surface area contributed by atoms with Crippen molar-refractivity contribution in [2.75, 3.05) is 11.1 Å². The third-order valence-corrected chi connectivity index (χ3v) is 3.89. The standard InChI is InChI=1S/C19H20N4O.ClH/c1-2-3-4-13-5-7-14(8-6-13)18(24)22-16-9-10-17-15(11-16)12-21-19(20)23-17;/h5-12H,2-4H2,1H3,(H,22,24)(H2,20,21,23);1H. The summed E-state index contributed by atoms with van der Waals surface area (Å²) in [6.07, 6.45) is 5.02. The third kappa shape index (κ3) is 4.67. The number of fused-ring (bicyclic) bond motifs is 1. The van der Waals surface area contributed by atoms with Gasteiger partial charge in [-0.3, -0.25) is 4.79 Å². The van der Waals surface area contributed by atoms with Crippen molar-refractivity contribution in [2.24, 2.45) is 0 Å². The normalized spacial score (nSPS) is 10.3. The second-order valence-corrected chi connectivity index (χ2v) is 5.76. The zero-order chi connectivity index (χ0) is 16.9. The van der Waals surface area contributed by atoms with Gasteiger partial charge in [-0.25, -0.2) is 9.97 Å². The summed E-state index contributed by atoms with van der Waals surface area (Å²) in [6.45, 7) is 2.17. The molecule has 1 amide bonds. The van der Waals surface area contributed by atoms with Gasteiger partial charge in [0.1, 0.15) is 0 Å². The summed E-state index contributed by atoms with van der Waals surface area (Å²) in [5, 5.41) is 3.73. The van der Waals surface area contributed by atoms with E-state index >= 15 is 0 Å². The second kappa shape index (κ2) is 8.44. The van der Waals surface area contributed by atoms with E-state index in [2.05, 4.69) is 22.2 Å². The number of hydrogen-bond donors (Lipinski definition) is 2. The highest BCUT2D eigenvalue weighted by atomic mass is 35.5. The number of carbonyl (C=O) groups excluding carboxylic acids is 1. The van der Waals surface area contributed by atoms with Crippen molar-refractivity contribution in [3.8, 4) is 0 Å². The Hall–Kier alpha value is -2.66. The van der Waals surface area contributed by atoms with Gasteiger partial charge in [0.2, 0.25) is 5.95 Å². The summed E-state index contributed by atoms with van der Waals surface area (Å²) < 4.78 is 0. The molecule has 1 aromatic heterocycles. The Balaban J connectivity index is 0.00000225. The SMILES string of the molecule is CCCCc1ccc(C(=O)Nc2ccc3nc(N)ncc3c2)cc1.Cl. The molecule has 0 spiro atoms. The molecule has 0 aliphatic carbocycles. The van der Waals surface area contributed by atoms with Gasteiger partial charge in [0.05, 0.1) is 5.52 Å². The number of aromatic nitrogens is 2. The van der Waals surface area contributed by atoms with E-state index < -0.39 is 0 Å². The van der Waals surface area contributed by atoms with Crippen LogP contribution < -0.4 is 11.1 Å². The van der Waals surface area contributed by atoms with E-state index in [1.165, 1.54) is 12.0 Å². The summed E-state index contributed by atoms with van der Waals surface area (Å²) >= 11 is 0. The molecule has 0 radical (unpaired) electrons. The molecule has 25 heavy (non-hydrogen) atoms. The molecule has 3 rings (SSSR count). The van der Waals surface area contributed by atoms with Gasteiger partial charge in [0, 0.05) is 22.8 Å². The van der Waals surface area contributed by atoms with Gasteiger partial charge in [0.25, 0.3) is 5.91 Å². The fraction of sp³-hybridized carbons (Fsp3) is 0.211. The van der Waals surface area contributed by atoms with Gasteiger partial charge in [-0.15, -0.1) is 12.4 Å². The van der Waals surface area contributed by atoms with Crippen LogP contribution in [0.3, 0.4) is 0 Å². The molecule has 2 aromatic carbocycles. The van der Waals surface area contributed by atoms with Crippen molar-refractivity contribution in [3.05, 3.63) is 59.8 Å². The highest BCUT2D eigenvalue weighted by Gasteiger charge is 2.07. The summed E-state index contributed by atoms with van der Waals surface area (Å²) in [6, 6.07) is 13.2. The average molecular weight is 357 g/mol. The highest BCUT2D eigenvalue weighted by Crippen LogP contribution is 2.18. The van der Waals surface area contributed by atoms with Crippen LogP contribution in [0.2, 0.25) is 0 Å². The van der Waals surface area contributed by atoms with Gasteiger partial charge in [-0.05, 0) is 48.7 Å². The maximum absolute atomic E-state index is 12.4. The lowest BCUT2D eigenvalue weighted by molar-refractivity contribution is 0.102. The zero-order valence-electron chi connectivity index (χ0n) is 14.0. The topological polar surface area (TPSA) is 80.9 Å². The Kier molecular flexibility index (Phi) is 6.31. The summed E-state index contributed by atoms with van der Waals surface area (Å²) in [4.78, 5) is 20.5. The number of benzene rings is 2. The van der Waals surface area contributed by atoms with Crippen molar-refractivity contribution in [2.45, 2.75) is 26.2 Å². The quantitative estimate of drug-likeness (QED) is 0.716. The Morgan fingerprint density at radius 1 is 1.16 bits per heavy atom. The summed E-state index contributed by atoms with van der Waals surface area (Å²) in [5.74, 6) is 0.107. The molecule has 3 N–H and O–H groups in total. The maximum atomic E-state index is 12.4. The lowest BCUT2D eigenvalue weighted by Gasteiger charge is -2.07. The first-order valence-corrected chi connectivity index (χ1v) is 8.08. The second-order valence-electron chi connectivity index (χ2n) is 5.76. The number of halogens is 1. The number of carbonyl (C=O) groups is 1. The molecular weight excluding hydrogens is 336 g/mol. The van der Waals surface area contributed by atoms with Crippen LogP contribution in [0.25, 0.3) is 10.9 Å². The molecule has 3 aromatic rings.